The molecule has 0 radical (unpaired) electrons. The van der Waals surface area contributed by atoms with Crippen LogP contribution in [0.15, 0.2) is 30.3 Å². The molecule has 1 aliphatic rings. The van der Waals surface area contributed by atoms with Crippen molar-refractivity contribution in [3.05, 3.63) is 30.3 Å². The zero-order valence-electron chi connectivity index (χ0n) is 16.4. The van der Waals surface area contributed by atoms with E-state index in [2.05, 4.69) is 5.32 Å². The lowest BCUT2D eigenvalue weighted by Gasteiger charge is -2.34. The van der Waals surface area contributed by atoms with Crippen LogP contribution < -0.4 is 16.1 Å². The number of para-hydroxylation sites is 1. The Morgan fingerprint density at radius 1 is 1.19 bits per heavy atom. The van der Waals surface area contributed by atoms with Gasteiger partial charge in [0.25, 0.3) is 5.91 Å². The summed E-state index contributed by atoms with van der Waals surface area (Å²) in [7, 11) is 1.84. The lowest BCUT2D eigenvalue weighted by molar-refractivity contribution is -0.118. The molecule has 26 heavy (non-hydrogen) atoms. The zero-order chi connectivity index (χ0) is 19.7. The molecule has 1 aromatic rings. The minimum Gasteiger partial charge on any atom is -0.444 e. The Bertz CT molecular complexity index is 654. The summed E-state index contributed by atoms with van der Waals surface area (Å²) in [6.07, 6.45) is 0.0156. The number of carbonyl (C=O) groups excluding carboxylic acids is 2. The number of anilines is 1. The Labute approximate surface area is 155 Å². The van der Waals surface area contributed by atoms with E-state index in [1.807, 2.05) is 77.0 Å². The summed E-state index contributed by atoms with van der Waals surface area (Å²) in [6.45, 7) is 9.24. The quantitative estimate of drug-likeness (QED) is 0.858. The lowest BCUT2D eigenvalue weighted by Crippen LogP contribution is -2.52. The Kier molecular flexibility index (Phi) is 5.63. The van der Waals surface area contributed by atoms with E-state index in [0.29, 0.717) is 6.42 Å². The van der Waals surface area contributed by atoms with Gasteiger partial charge < -0.3 is 15.8 Å². The third kappa shape index (κ3) is 4.74. The number of alkyl carbamates (subject to hydrolysis) is 1. The molecule has 3 N–H and O–H groups in total. The largest absolute Gasteiger partial charge is 0.444 e. The number of nitrogens with two attached hydrogens (primary N) is 1. The normalized spacial score (nSPS) is 21.8. The summed E-state index contributed by atoms with van der Waals surface area (Å²) in [5.41, 5.74) is 5.82. The maximum atomic E-state index is 12.7. The zero-order valence-corrected chi connectivity index (χ0v) is 16.4. The molecule has 1 fully saturated rings. The van der Waals surface area contributed by atoms with Gasteiger partial charge in [0, 0.05) is 12.6 Å². The fourth-order valence-electron chi connectivity index (χ4n) is 3.13. The molecule has 2 atom stereocenters. The second kappa shape index (κ2) is 7.25. The molecule has 1 aromatic carbocycles. The first-order valence-corrected chi connectivity index (χ1v) is 8.80. The van der Waals surface area contributed by atoms with Crippen LogP contribution >= 0.6 is 0 Å². The minimum atomic E-state index is -0.667. The van der Waals surface area contributed by atoms with Gasteiger partial charge >= 0.3 is 6.09 Å². The minimum absolute atomic E-state index is 0.156. The van der Waals surface area contributed by atoms with Crippen molar-refractivity contribution in [1.82, 2.24) is 10.3 Å². The van der Waals surface area contributed by atoms with Crippen LogP contribution in [0, 0.1) is 0 Å². The topological polar surface area (TPSA) is 87.9 Å². The standard InChI is InChI=1S/C19H30N4O3/c1-18(2,3)26-17(25)21-19(4,5)12-14-15(20)16(24)23(22(14)6)13-10-8-7-9-11-13/h7-11,14-15H,12,20H2,1-6H3,(H,21,25). The fraction of sp³-hybridized carbons (Fsp3) is 0.579. The van der Waals surface area contributed by atoms with Gasteiger partial charge in [-0.05, 0) is 53.2 Å². The van der Waals surface area contributed by atoms with Crippen molar-refractivity contribution in [3.8, 4) is 0 Å². The first-order chi connectivity index (χ1) is 11.9. The molecule has 144 valence electrons. The third-order valence-electron chi connectivity index (χ3n) is 4.26. The molecule has 0 aromatic heterocycles. The second-order valence-electron chi connectivity index (χ2n) is 8.37. The van der Waals surface area contributed by atoms with E-state index in [1.165, 1.54) is 0 Å². The van der Waals surface area contributed by atoms with Gasteiger partial charge in [0.05, 0.1) is 11.7 Å². The predicted molar refractivity (Wildman–Crippen MR) is 102 cm³/mol. The molecule has 0 bridgehead atoms. The van der Waals surface area contributed by atoms with E-state index in [4.69, 9.17) is 10.5 Å². The van der Waals surface area contributed by atoms with Crippen LogP contribution in [0.1, 0.15) is 41.0 Å². The number of nitrogens with one attached hydrogen (secondary N) is 1. The van der Waals surface area contributed by atoms with E-state index in [-0.39, 0.29) is 11.9 Å². The number of benzene rings is 1. The summed E-state index contributed by atoms with van der Waals surface area (Å²) in [4.78, 5) is 24.8. The molecular weight excluding hydrogens is 332 g/mol. The van der Waals surface area contributed by atoms with Crippen molar-refractivity contribution in [2.24, 2.45) is 5.73 Å². The summed E-state index contributed by atoms with van der Waals surface area (Å²) >= 11 is 0. The van der Waals surface area contributed by atoms with Gasteiger partial charge in [-0.1, -0.05) is 18.2 Å². The average molecular weight is 362 g/mol. The number of likely N-dealkylation sites (N-methyl/N-ethyl adjacent to an activating group) is 1. The first-order valence-electron chi connectivity index (χ1n) is 8.80. The first kappa shape index (κ1) is 20.2. The smallest absolute Gasteiger partial charge is 0.408 e. The van der Waals surface area contributed by atoms with Crippen LogP contribution in [-0.4, -0.2) is 47.3 Å². The molecule has 2 unspecified atom stereocenters. The van der Waals surface area contributed by atoms with Gasteiger partial charge in [-0.25, -0.2) is 14.8 Å². The highest BCUT2D eigenvalue weighted by Crippen LogP contribution is 2.29. The van der Waals surface area contributed by atoms with Crippen LogP contribution in [0.2, 0.25) is 0 Å². The van der Waals surface area contributed by atoms with E-state index in [9.17, 15) is 9.59 Å². The van der Waals surface area contributed by atoms with Crippen molar-refractivity contribution in [3.63, 3.8) is 0 Å². The lowest BCUT2D eigenvalue weighted by atomic mass is 9.92. The highest BCUT2D eigenvalue weighted by Gasteiger charge is 2.45. The molecule has 2 amide bonds. The van der Waals surface area contributed by atoms with E-state index >= 15 is 0 Å². The highest BCUT2D eigenvalue weighted by atomic mass is 16.6. The summed E-state index contributed by atoms with van der Waals surface area (Å²) < 4.78 is 5.33. The van der Waals surface area contributed by atoms with Gasteiger partial charge in [-0.3, -0.25) is 4.79 Å². The monoisotopic (exact) mass is 362 g/mol. The maximum Gasteiger partial charge on any atom is 0.408 e. The average Bonchev–Trinajstić information content (AvgIpc) is 2.69. The maximum absolute atomic E-state index is 12.7. The van der Waals surface area contributed by atoms with Gasteiger partial charge in [0.15, 0.2) is 0 Å². The second-order valence-corrected chi connectivity index (χ2v) is 8.37. The number of ether oxygens (including phenoxy) is 1. The summed E-state index contributed by atoms with van der Waals surface area (Å²) in [5.74, 6) is -0.156. The SMILES string of the molecule is CN1C(CC(C)(C)NC(=O)OC(C)(C)C)C(N)C(=O)N1c1ccccc1. The number of hydrogen-bond acceptors (Lipinski definition) is 5. The van der Waals surface area contributed by atoms with Crippen LogP contribution in [-0.2, 0) is 9.53 Å². The van der Waals surface area contributed by atoms with E-state index in [1.54, 1.807) is 5.01 Å². The predicted octanol–water partition coefficient (Wildman–Crippen LogP) is 2.27. The van der Waals surface area contributed by atoms with Crippen molar-refractivity contribution < 1.29 is 14.3 Å². The fourth-order valence-corrected chi connectivity index (χ4v) is 3.13. The van der Waals surface area contributed by atoms with Crippen molar-refractivity contribution >= 4 is 17.7 Å². The highest BCUT2D eigenvalue weighted by molar-refractivity contribution is 5.99. The van der Waals surface area contributed by atoms with Crippen LogP contribution in [0.3, 0.4) is 0 Å². The molecule has 0 saturated carbocycles. The molecule has 1 saturated heterocycles. The van der Waals surface area contributed by atoms with Crippen LogP contribution in [0.25, 0.3) is 0 Å². The van der Waals surface area contributed by atoms with Crippen LogP contribution in [0.5, 0.6) is 0 Å². The number of hydrazine groups is 1. The number of carbonyl (C=O) groups is 2. The number of rotatable bonds is 4. The molecule has 0 aliphatic carbocycles. The van der Waals surface area contributed by atoms with E-state index in [0.717, 1.165) is 5.69 Å². The van der Waals surface area contributed by atoms with Gasteiger partial charge in [0.1, 0.15) is 11.6 Å². The number of hydrogen-bond donors (Lipinski definition) is 2. The molecule has 1 heterocycles. The van der Waals surface area contributed by atoms with Crippen molar-refractivity contribution in [2.75, 3.05) is 12.1 Å². The molecule has 7 heteroatoms. The molecule has 1 aliphatic heterocycles. The number of amides is 2. The summed E-state index contributed by atoms with van der Waals surface area (Å²) in [5, 5.41) is 6.32. The Morgan fingerprint density at radius 3 is 2.31 bits per heavy atom. The Hall–Kier alpha value is -2.12. The van der Waals surface area contributed by atoms with Crippen molar-refractivity contribution in [2.45, 2.75) is 64.3 Å². The van der Waals surface area contributed by atoms with E-state index < -0.39 is 23.3 Å². The molecular formula is C19H30N4O3. The summed E-state index contributed by atoms with van der Waals surface area (Å²) in [6, 6.07) is 8.48. The Balaban J connectivity index is 2.10. The van der Waals surface area contributed by atoms with Gasteiger partial charge in [-0.15, -0.1) is 0 Å². The molecule has 2 rings (SSSR count). The van der Waals surface area contributed by atoms with Gasteiger partial charge in [0.2, 0.25) is 0 Å². The van der Waals surface area contributed by atoms with Gasteiger partial charge in [-0.2, -0.15) is 0 Å². The third-order valence-corrected chi connectivity index (χ3v) is 4.26. The number of nitrogens with zero attached hydrogens (tertiary/aromatic N) is 2. The van der Waals surface area contributed by atoms with Crippen molar-refractivity contribution in [1.29, 1.82) is 0 Å². The molecule has 7 nitrogen and oxygen atoms in total. The Morgan fingerprint density at radius 2 is 1.77 bits per heavy atom. The van der Waals surface area contributed by atoms with Crippen LogP contribution in [0.4, 0.5) is 10.5 Å². The molecule has 0 spiro atoms.